The minimum absolute atomic E-state index is 0.0345. The van der Waals surface area contributed by atoms with Gasteiger partial charge in [-0.2, -0.15) is 0 Å². The van der Waals surface area contributed by atoms with Crippen molar-refractivity contribution in [1.82, 2.24) is 9.97 Å². The lowest BCUT2D eigenvalue weighted by molar-refractivity contribution is 0.112. The molecule has 74 valence electrons. The zero-order valence-electron chi connectivity index (χ0n) is 7.72. The molecule has 0 aliphatic carbocycles. The Balaban J connectivity index is 2.63. The summed E-state index contributed by atoms with van der Waals surface area (Å²) in [5.41, 5.74) is 1.16. The Hall–Kier alpha value is -2.10. The standard InChI is InChI=1S/C11H7FN2O/c12-11-3-1-2-9(10(11)6-15)8-4-13-7-14-5-8/h1-7H. The largest absolute Gasteiger partial charge is 0.298 e. The maximum absolute atomic E-state index is 13.3. The number of hydrogen-bond donors (Lipinski definition) is 0. The van der Waals surface area contributed by atoms with Crippen LogP contribution >= 0.6 is 0 Å². The van der Waals surface area contributed by atoms with Crippen LogP contribution in [0.15, 0.2) is 36.9 Å². The number of rotatable bonds is 2. The molecule has 3 nitrogen and oxygen atoms in total. The molecule has 0 N–H and O–H groups in total. The molecule has 0 bridgehead atoms. The molecule has 0 radical (unpaired) electrons. The van der Waals surface area contributed by atoms with Crippen LogP contribution in [0.2, 0.25) is 0 Å². The van der Waals surface area contributed by atoms with E-state index in [0.717, 1.165) is 0 Å². The summed E-state index contributed by atoms with van der Waals surface area (Å²) in [6, 6.07) is 4.45. The van der Waals surface area contributed by atoms with E-state index in [4.69, 9.17) is 0 Å². The molecule has 0 saturated carbocycles. The van der Waals surface area contributed by atoms with Crippen LogP contribution in [0.4, 0.5) is 4.39 Å². The molecule has 2 rings (SSSR count). The maximum Gasteiger partial charge on any atom is 0.153 e. The lowest BCUT2D eigenvalue weighted by Crippen LogP contribution is -1.93. The van der Waals surface area contributed by atoms with E-state index in [1.54, 1.807) is 12.1 Å². The first-order valence-corrected chi connectivity index (χ1v) is 4.32. The first-order chi connectivity index (χ1) is 7.33. The van der Waals surface area contributed by atoms with E-state index >= 15 is 0 Å². The van der Waals surface area contributed by atoms with Crippen molar-refractivity contribution in [2.45, 2.75) is 0 Å². The molecule has 1 aromatic carbocycles. The highest BCUT2D eigenvalue weighted by Gasteiger charge is 2.08. The number of aromatic nitrogens is 2. The van der Waals surface area contributed by atoms with Gasteiger partial charge in [-0.3, -0.25) is 4.79 Å². The maximum atomic E-state index is 13.3. The average Bonchev–Trinajstić information content (AvgIpc) is 2.30. The summed E-state index contributed by atoms with van der Waals surface area (Å²) in [6.07, 6.45) is 4.95. The number of carbonyl (C=O) groups excluding carboxylic acids is 1. The summed E-state index contributed by atoms with van der Waals surface area (Å²) in [5, 5.41) is 0. The lowest BCUT2D eigenvalue weighted by atomic mass is 10.0. The van der Waals surface area contributed by atoms with E-state index in [-0.39, 0.29) is 5.56 Å². The van der Waals surface area contributed by atoms with Crippen LogP contribution in [0.3, 0.4) is 0 Å². The van der Waals surface area contributed by atoms with E-state index in [1.807, 2.05) is 0 Å². The Morgan fingerprint density at radius 3 is 2.60 bits per heavy atom. The third kappa shape index (κ3) is 1.74. The van der Waals surface area contributed by atoms with Crippen LogP contribution in [0.25, 0.3) is 11.1 Å². The van der Waals surface area contributed by atoms with Gasteiger partial charge in [-0.25, -0.2) is 14.4 Å². The van der Waals surface area contributed by atoms with Crippen molar-refractivity contribution in [2.24, 2.45) is 0 Å². The van der Waals surface area contributed by atoms with Gasteiger partial charge in [0, 0.05) is 18.0 Å². The fourth-order valence-corrected chi connectivity index (χ4v) is 1.35. The molecule has 0 unspecified atom stereocenters. The molecule has 15 heavy (non-hydrogen) atoms. The summed E-state index contributed by atoms with van der Waals surface area (Å²) in [4.78, 5) is 18.4. The predicted molar refractivity (Wildman–Crippen MR) is 52.8 cm³/mol. The lowest BCUT2D eigenvalue weighted by Gasteiger charge is -2.03. The van der Waals surface area contributed by atoms with Gasteiger partial charge in [-0.15, -0.1) is 0 Å². The Kier molecular flexibility index (Phi) is 2.49. The molecule has 0 atom stereocenters. The van der Waals surface area contributed by atoms with Gasteiger partial charge in [0.1, 0.15) is 12.1 Å². The summed E-state index contributed by atoms with van der Waals surface area (Å²) in [6.45, 7) is 0. The van der Waals surface area contributed by atoms with Gasteiger partial charge in [0.15, 0.2) is 6.29 Å². The molecular weight excluding hydrogens is 195 g/mol. The van der Waals surface area contributed by atoms with E-state index in [1.165, 1.54) is 24.8 Å². The molecule has 4 heteroatoms. The molecule has 1 heterocycles. The summed E-state index contributed by atoms with van der Waals surface area (Å²) in [7, 11) is 0. The van der Waals surface area contributed by atoms with Crippen molar-refractivity contribution >= 4 is 6.29 Å². The second-order valence-electron chi connectivity index (χ2n) is 2.95. The number of carbonyl (C=O) groups is 1. The van der Waals surface area contributed by atoms with Crippen LogP contribution < -0.4 is 0 Å². The Morgan fingerprint density at radius 2 is 1.93 bits per heavy atom. The summed E-state index contributed by atoms with van der Waals surface area (Å²) >= 11 is 0. The Morgan fingerprint density at radius 1 is 1.20 bits per heavy atom. The first-order valence-electron chi connectivity index (χ1n) is 4.32. The molecule has 0 aliphatic rings. The number of aldehydes is 1. The Bertz CT molecular complexity index is 485. The van der Waals surface area contributed by atoms with Crippen molar-refractivity contribution in [3.8, 4) is 11.1 Å². The SMILES string of the molecule is O=Cc1c(F)cccc1-c1cncnc1. The molecule has 0 amide bonds. The van der Waals surface area contributed by atoms with Gasteiger partial charge >= 0.3 is 0 Å². The van der Waals surface area contributed by atoms with Crippen LogP contribution in [-0.2, 0) is 0 Å². The fourth-order valence-electron chi connectivity index (χ4n) is 1.35. The van der Waals surface area contributed by atoms with Crippen molar-refractivity contribution in [3.63, 3.8) is 0 Å². The Labute approximate surface area is 85.6 Å². The molecule has 2 aromatic rings. The normalized spacial score (nSPS) is 9.93. The van der Waals surface area contributed by atoms with Gasteiger partial charge in [0.25, 0.3) is 0 Å². The smallest absolute Gasteiger partial charge is 0.153 e. The van der Waals surface area contributed by atoms with Crippen LogP contribution in [0.1, 0.15) is 10.4 Å². The predicted octanol–water partition coefficient (Wildman–Crippen LogP) is 2.10. The van der Waals surface area contributed by atoms with E-state index in [2.05, 4.69) is 9.97 Å². The number of nitrogens with zero attached hydrogens (tertiary/aromatic N) is 2. The van der Waals surface area contributed by atoms with Gasteiger partial charge in [0.05, 0.1) is 5.56 Å². The number of benzene rings is 1. The molecule has 0 aliphatic heterocycles. The molecule has 0 saturated heterocycles. The summed E-state index contributed by atoms with van der Waals surface area (Å²) < 4.78 is 13.3. The topological polar surface area (TPSA) is 42.9 Å². The molecule has 1 aromatic heterocycles. The fraction of sp³-hybridized carbons (Fsp3) is 0. The number of halogens is 1. The zero-order valence-corrected chi connectivity index (χ0v) is 7.72. The minimum Gasteiger partial charge on any atom is -0.298 e. The monoisotopic (exact) mass is 202 g/mol. The van der Waals surface area contributed by atoms with Crippen molar-refractivity contribution in [1.29, 1.82) is 0 Å². The highest BCUT2D eigenvalue weighted by molar-refractivity contribution is 5.87. The van der Waals surface area contributed by atoms with E-state index < -0.39 is 5.82 Å². The average molecular weight is 202 g/mol. The van der Waals surface area contributed by atoms with Gasteiger partial charge in [-0.05, 0) is 11.6 Å². The summed E-state index contributed by atoms with van der Waals surface area (Å²) in [5.74, 6) is -0.536. The number of hydrogen-bond acceptors (Lipinski definition) is 3. The molecule has 0 spiro atoms. The second-order valence-corrected chi connectivity index (χ2v) is 2.95. The van der Waals surface area contributed by atoms with Gasteiger partial charge in [0.2, 0.25) is 0 Å². The third-order valence-electron chi connectivity index (χ3n) is 2.04. The van der Waals surface area contributed by atoms with Crippen molar-refractivity contribution in [2.75, 3.05) is 0 Å². The second kappa shape index (κ2) is 3.96. The molecule has 0 fully saturated rings. The van der Waals surface area contributed by atoms with E-state index in [0.29, 0.717) is 17.4 Å². The van der Waals surface area contributed by atoms with Crippen LogP contribution in [-0.4, -0.2) is 16.3 Å². The highest BCUT2D eigenvalue weighted by Crippen LogP contribution is 2.22. The van der Waals surface area contributed by atoms with Gasteiger partial charge < -0.3 is 0 Å². The quantitative estimate of drug-likeness (QED) is 0.700. The third-order valence-corrected chi connectivity index (χ3v) is 2.04. The van der Waals surface area contributed by atoms with E-state index in [9.17, 15) is 9.18 Å². The van der Waals surface area contributed by atoms with Crippen LogP contribution in [0.5, 0.6) is 0 Å². The highest BCUT2D eigenvalue weighted by atomic mass is 19.1. The minimum atomic E-state index is -0.536. The molecular formula is C11H7FN2O. The van der Waals surface area contributed by atoms with Crippen LogP contribution in [0, 0.1) is 5.82 Å². The zero-order chi connectivity index (χ0) is 10.7. The van der Waals surface area contributed by atoms with Crippen molar-refractivity contribution in [3.05, 3.63) is 48.3 Å². The first kappa shape index (κ1) is 9.45. The van der Waals surface area contributed by atoms with Crippen molar-refractivity contribution < 1.29 is 9.18 Å². The van der Waals surface area contributed by atoms with Gasteiger partial charge in [-0.1, -0.05) is 12.1 Å².